The molecule has 0 bridgehead atoms. The van der Waals surface area contributed by atoms with Gasteiger partial charge in [-0.1, -0.05) is 18.5 Å². The van der Waals surface area contributed by atoms with Gasteiger partial charge in [-0.3, -0.25) is 0 Å². The second-order valence-electron chi connectivity index (χ2n) is 4.67. The summed E-state index contributed by atoms with van der Waals surface area (Å²) in [6.07, 6.45) is -4.33. The van der Waals surface area contributed by atoms with E-state index < -0.39 is 17.8 Å². The van der Waals surface area contributed by atoms with Crippen molar-refractivity contribution in [1.82, 2.24) is 5.32 Å². The van der Waals surface area contributed by atoms with Crippen molar-refractivity contribution in [2.75, 3.05) is 6.54 Å². The zero-order chi connectivity index (χ0) is 16.8. The number of rotatable bonds is 7. The van der Waals surface area contributed by atoms with Crippen LogP contribution in [0.4, 0.5) is 18.0 Å². The van der Waals surface area contributed by atoms with Gasteiger partial charge >= 0.3 is 12.3 Å². The lowest BCUT2D eigenvalue weighted by Crippen LogP contribution is -2.24. The van der Waals surface area contributed by atoms with Crippen molar-refractivity contribution in [2.45, 2.75) is 38.5 Å². The van der Waals surface area contributed by atoms with E-state index in [2.05, 4.69) is 5.32 Å². The van der Waals surface area contributed by atoms with Crippen molar-refractivity contribution >= 4 is 17.7 Å². The molecule has 1 aromatic carbocycles. The van der Waals surface area contributed by atoms with Gasteiger partial charge in [0.2, 0.25) is 0 Å². The molecule has 4 nitrogen and oxygen atoms in total. The van der Waals surface area contributed by atoms with Crippen LogP contribution in [0.2, 0.25) is 5.02 Å². The van der Waals surface area contributed by atoms with Crippen LogP contribution in [0.1, 0.15) is 31.7 Å². The van der Waals surface area contributed by atoms with Crippen LogP contribution in [-0.2, 0) is 6.18 Å². The van der Waals surface area contributed by atoms with Crippen LogP contribution in [0.25, 0.3) is 0 Å². The van der Waals surface area contributed by atoms with Gasteiger partial charge in [0.15, 0.2) is 0 Å². The maximum Gasteiger partial charge on any atom is 0.416 e. The molecule has 0 heterocycles. The molecule has 1 rings (SSSR count). The summed E-state index contributed by atoms with van der Waals surface area (Å²) in [5, 5.41) is 10.8. The van der Waals surface area contributed by atoms with Gasteiger partial charge in [-0.25, -0.2) is 4.79 Å². The van der Waals surface area contributed by atoms with E-state index in [1.54, 1.807) is 0 Å². The lowest BCUT2D eigenvalue weighted by molar-refractivity contribution is -0.137. The highest BCUT2D eigenvalue weighted by Gasteiger charge is 2.31. The molecule has 1 amide bonds. The molecule has 0 aromatic heterocycles. The molecule has 1 atom stereocenters. The van der Waals surface area contributed by atoms with Crippen LogP contribution in [0.15, 0.2) is 18.2 Å². The normalized spacial score (nSPS) is 12.8. The van der Waals surface area contributed by atoms with E-state index in [1.165, 1.54) is 0 Å². The first-order chi connectivity index (χ1) is 10.2. The number of ether oxygens (including phenoxy) is 1. The van der Waals surface area contributed by atoms with Crippen LogP contribution >= 0.6 is 11.6 Å². The molecule has 0 aliphatic rings. The van der Waals surface area contributed by atoms with Crippen LogP contribution < -0.4 is 10.1 Å². The molecule has 8 heteroatoms. The van der Waals surface area contributed by atoms with Crippen LogP contribution in [-0.4, -0.2) is 23.8 Å². The number of amides is 1. The zero-order valence-electron chi connectivity index (χ0n) is 11.9. The summed E-state index contributed by atoms with van der Waals surface area (Å²) in [7, 11) is 0. The molecular weight excluding hydrogens is 323 g/mol. The van der Waals surface area contributed by atoms with Gasteiger partial charge < -0.3 is 15.2 Å². The quantitative estimate of drug-likeness (QED) is 0.716. The number of hydrogen-bond acceptors (Lipinski definition) is 2. The number of carboxylic acid groups (broad SMARTS) is 1. The fourth-order valence-electron chi connectivity index (χ4n) is 1.82. The fraction of sp³-hybridized carbons (Fsp3) is 0.500. The zero-order valence-corrected chi connectivity index (χ0v) is 12.7. The second kappa shape index (κ2) is 8.12. The molecule has 0 fully saturated rings. The number of carbonyl (C=O) groups is 1. The third kappa shape index (κ3) is 6.01. The molecule has 0 aliphatic heterocycles. The highest BCUT2D eigenvalue weighted by atomic mass is 35.5. The van der Waals surface area contributed by atoms with Crippen molar-refractivity contribution in [1.29, 1.82) is 0 Å². The first-order valence-electron chi connectivity index (χ1n) is 6.74. The molecule has 0 radical (unpaired) electrons. The summed E-state index contributed by atoms with van der Waals surface area (Å²) in [5.41, 5.74) is -0.825. The van der Waals surface area contributed by atoms with Crippen molar-refractivity contribution < 1.29 is 27.8 Å². The Hall–Kier alpha value is -1.63. The Labute approximate surface area is 131 Å². The van der Waals surface area contributed by atoms with Gasteiger partial charge in [0, 0.05) is 6.54 Å². The number of halogens is 4. The number of alkyl halides is 3. The maximum atomic E-state index is 12.7. The number of nitrogens with one attached hydrogen (secondary N) is 1. The topological polar surface area (TPSA) is 58.6 Å². The second-order valence-corrected chi connectivity index (χ2v) is 5.07. The molecule has 0 spiro atoms. The molecule has 1 unspecified atom stereocenters. The highest BCUT2D eigenvalue weighted by Crippen LogP contribution is 2.35. The third-order valence-electron chi connectivity index (χ3n) is 2.99. The summed E-state index contributed by atoms with van der Waals surface area (Å²) >= 11 is 5.87. The smallest absolute Gasteiger partial charge is 0.416 e. The van der Waals surface area contributed by atoms with Gasteiger partial charge in [-0.05, 0) is 37.5 Å². The Kier molecular flexibility index (Phi) is 6.80. The summed E-state index contributed by atoms with van der Waals surface area (Å²) in [6.45, 7) is 2.09. The minimum Gasteiger partial charge on any atom is -0.489 e. The van der Waals surface area contributed by atoms with E-state index >= 15 is 0 Å². The van der Waals surface area contributed by atoms with E-state index in [9.17, 15) is 18.0 Å². The average Bonchev–Trinajstić information content (AvgIpc) is 2.42. The molecule has 0 saturated heterocycles. The summed E-state index contributed by atoms with van der Waals surface area (Å²) < 4.78 is 43.6. The van der Waals surface area contributed by atoms with E-state index in [0.29, 0.717) is 19.3 Å². The Balaban J connectivity index is 2.68. The number of hydrogen-bond donors (Lipinski definition) is 2. The summed E-state index contributed by atoms with van der Waals surface area (Å²) in [4.78, 5) is 10.3. The van der Waals surface area contributed by atoms with Crippen molar-refractivity contribution in [3.63, 3.8) is 0 Å². The molecular formula is C14H17ClF3NO3. The van der Waals surface area contributed by atoms with Crippen LogP contribution in [0.3, 0.4) is 0 Å². The van der Waals surface area contributed by atoms with Crippen molar-refractivity contribution in [3.05, 3.63) is 28.8 Å². The Morgan fingerprint density at radius 3 is 2.68 bits per heavy atom. The number of benzene rings is 1. The average molecular weight is 340 g/mol. The van der Waals surface area contributed by atoms with Crippen molar-refractivity contribution in [3.8, 4) is 5.75 Å². The molecule has 0 saturated carbocycles. The van der Waals surface area contributed by atoms with E-state index in [0.717, 1.165) is 18.2 Å². The Morgan fingerprint density at radius 2 is 2.14 bits per heavy atom. The minimum absolute atomic E-state index is 0.0189. The molecule has 1 aromatic rings. The minimum atomic E-state index is -4.46. The summed E-state index contributed by atoms with van der Waals surface area (Å²) in [5.74, 6) is -0.0189. The lowest BCUT2D eigenvalue weighted by Gasteiger charge is -2.19. The maximum absolute atomic E-state index is 12.7. The van der Waals surface area contributed by atoms with Crippen LogP contribution in [0, 0.1) is 0 Å². The van der Waals surface area contributed by atoms with Gasteiger partial charge in [-0.2, -0.15) is 13.2 Å². The van der Waals surface area contributed by atoms with Gasteiger partial charge in [0.1, 0.15) is 5.75 Å². The Morgan fingerprint density at radius 1 is 1.45 bits per heavy atom. The molecule has 0 aliphatic carbocycles. The summed E-state index contributed by atoms with van der Waals surface area (Å²) in [6, 6.07) is 2.92. The fourth-order valence-corrected chi connectivity index (χ4v) is 1.98. The Bertz CT molecular complexity index is 509. The van der Waals surface area contributed by atoms with E-state index in [-0.39, 0.29) is 23.4 Å². The molecule has 2 N–H and O–H groups in total. The monoisotopic (exact) mass is 339 g/mol. The highest BCUT2D eigenvalue weighted by molar-refractivity contribution is 6.32. The first-order valence-corrected chi connectivity index (χ1v) is 7.12. The predicted molar refractivity (Wildman–Crippen MR) is 76.4 cm³/mol. The van der Waals surface area contributed by atoms with Crippen LogP contribution in [0.5, 0.6) is 5.75 Å². The standard InChI is InChI=1S/C14H17ClF3NO3/c1-2-10(4-3-7-19-13(20)21)22-12-8-9(14(16,17)18)5-6-11(12)15/h5-6,8,10,19H,2-4,7H2,1H3,(H,20,21). The van der Waals surface area contributed by atoms with E-state index in [4.69, 9.17) is 21.4 Å². The molecule has 22 heavy (non-hydrogen) atoms. The molecule has 124 valence electrons. The van der Waals surface area contributed by atoms with Gasteiger partial charge in [-0.15, -0.1) is 0 Å². The first kappa shape index (κ1) is 18.4. The SMILES string of the molecule is CCC(CCCNC(=O)O)Oc1cc(C(F)(F)F)ccc1Cl. The van der Waals surface area contributed by atoms with Crippen molar-refractivity contribution in [2.24, 2.45) is 0 Å². The largest absolute Gasteiger partial charge is 0.489 e. The lowest BCUT2D eigenvalue weighted by atomic mass is 10.1. The third-order valence-corrected chi connectivity index (χ3v) is 3.30. The predicted octanol–water partition coefficient (Wildman–Crippen LogP) is 4.56. The van der Waals surface area contributed by atoms with Gasteiger partial charge in [0.05, 0.1) is 16.7 Å². The van der Waals surface area contributed by atoms with Gasteiger partial charge in [0.25, 0.3) is 0 Å². The van der Waals surface area contributed by atoms with E-state index in [1.807, 2.05) is 6.92 Å².